The summed E-state index contributed by atoms with van der Waals surface area (Å²) in [6, 6.07) is 8.89. The van der Waals surface area contributed by atoms with Crippen molar-refractivity contribution in [1.82, 2.24) is 4.90 Å². The van der Waals surface area contributed by atoms with E-state index < -0.39 is 6.04 Å². The number of ether oxygens (including phenoxy) is 1. The van der Waals surface area contributed by atoms with Crippen LogP contribution in [-0.4, -0.2) is 35.9 Å². The van der Waals surface area contributed by atoms with E-state index in [1.165, 1.54) is 4.90 Å². The highest BCUT2D eigenvalue weighted by Crippen LogP contribution is 2.20. The summed E-state index contributed by atoms with van der Waals surface area (Å²) >= 11 is 0. The van der Waals surface area contributed by atoms with Crippen LogP contribution in [0.25, 0.3) is 10.4 Å². The Balaban J connectivity index is 1.86. The van der Waals surface area contributed by atoms with Crippen LogP contribution < -0.4 is 0 Å². The SMILES string of the molecule is [N-]=[N+]=NCCCN1C(=O)CCC1C(=O)OCc1ccccc1. The zero-order valence-corrected chi connectivity index (χ0v) is 12.2. The Hall–Kier alpha value is -2.53. The van der Waals surface area contributed by atoms with Gasteiger partial charge in [0.2, 0.25) is 5.91 Å². The molecule has 1 atom stereocenters. The zero-order chi connectivity index (χ0) is 15.8. The summed E-state index contributed by atoms with van der Waals surface area (Å²) in [5.74, 6) is -0.430. The van der Waals surface area contributed by atoms with Crippen molar-refractivity contribution in [3.63, 3.8) is 0 Å². The molecule has 1 aliphatic rings. The minimum absolute atomic E-state index is 0.0531. The molecule has 1 aromatic rings. The molecule has 116 valence electrons. The maximum atomic E-state index is 12.2. The Kier molecular flexibility index (Phi) is 5.80. The number of benzene rings is 1. The van der Waals surface area contributed by atoms with Gasteiger partial charge in [0.1, 0.15) is 12.6 Å². The Bertz CT molecular complexity index is 569. The van der Waals surface area contributed by atoms with Crippen LogP contribution in [0.5, 0.6) is 0 Å². The lowest BCUT2D eigenvalue weighted by Gasteiger charge is -2.23. The molecular formula is C15H18N4O3. The van der Waals surface area contributed by atoms with Gasteiger partial charge >= 0.3 is 5.97 Å². The Morgan fingerprint density at radius 3 is 2.91 bits per heavy atom. The van der Waals surface area contributed by atoms with Gasteiger partial charge < -0.3 is 9.64 Å². The van der Waals surface area contributed by atoms with Crippen LogP contribution in [0.2, 0.25) is 0 Å². The average Bonchev–Trinajstić information content (AvgIpc) is 2.91. The lowest BCUT2D eigenvalue weighted by atomic mass is 10.2. The minimum Gasteiger partial charge on any atom is -0.459 e. The fraction of sp³-hybridized carbons (Fsp3) is 0.467. The molecule has 1 heterocycles. The van der Waals surface area contributed by atoms with Gasteiger partial charge in [-0.2, -0.15) is 0 Å². The normalized spacial score (nSPS) is 17.2. The molecule has 0 aromatic heterocycles. The van der Waals surface area contributed by atoms with Crippen molar-refractivity contribution < 1.29 is 14.3 Å². The smallest absolute Gasteiger partial charge is 0.329 e. The lowest BCUT2D eigenvalue weighted by Crippen LogP contribution is -2.40. The van der Waals surface area contributed by atoms with Gasteiger partial charge in [-0.05, 0) is 23.9 Å². The van der Waals surface area contributed by atoms with E-state index in [0.717, 1.165) is 5.56 Å². The molecular weight excluding hydrogens is 284 g/mol. The predicted molar refractivity (Wildman–Crippen MR) is 79.6 cm³/mol. The average molecular weight is 302 g/mol. The number of amides is 1. The summed E-state index contributed by atoms with van der Waals surface area (Å²) in [6.45, 7) is 0.923. The molecule has 1 fully saturated rings. The van der Waals surface area contributed by atoms with Crippen LogP contribution in [0.3, 0.4) is 0 Å². The number of likely N-dealkylation sites (tertiary alicyclic amines) is 1. The summed E-state index contributed by atoms with van der Waals surface area (Å²) in [4.78, 5) is 28.2. The van der Waals surface area contributed by atoms with Gasteiger partial charge in [0.05, 0.1) is 0 Å². The van der Waals surface area contributed by atoms with E-state index in [2.05, 4.69) is 10.0 Å². The fourth-order valence-corrected chi connectivity index (χ4v) is 2.44. The summed E-state index contributed by atoms with van der Waals surface area (Å²) < 4.78 is 5.30. The molecule has 1 amide bonds. The monoisotopic (exact) mass is 302 g/mol. The fourth-order valence-electron chi connectivity index (χ4n) is 2.44. The maximum Gasteiger partial charge on any atom is 0.329 e. The van der Waals surface area contributed by atoms with Crippen LogP contribution in [0.15, 0.2) is 35.4 Å². The molecule has 1 unspecified atom stereocenters. The third-order valence-corrected chi connectivity index (χ3v) is 3.54. The largest absolute Gasteiger partial charge is 0.459 e. The van der Waals surface area contributed by atoms with Gasteiger partial charge in [-0.15, -0.1) is 0 Å². The second kappa shape index (κ2) is 8.05. The predicted octanol–water partition coefficient (Wildman–Crippen LogP) is 2.42. The third-order valence-electron chi connectivity index (χ3n) is 3.54. The van der Waals surface area contributed by atoms with Crippen molar-refractivity contribution in [1.29, 1.82) is 0 Å². The maximum absolute atomic E-state index is 12.2. The number of esters is 1. The standard InChI is InChI=1S/C15H18N4O3/c16-18-17-9-4-10-19-13(7-8-14(19)20)15(21)22-11-12-5-2-1-3-6-12/h1-3,5-6,13H,4,7-11H2. The molecule has 2 rings (SSSR count). The van der Waals surface area contributed by atoms with Crippen molar-refractivity contribution in [2.75, 3.05) is 13.1 Å². The molecule has 0 radical (unpaired) electrons. The zero-order valence-electron chi connectivity index (χ0n) is 12.2. The van der Waals surface area contributed by atoms with Crippen LogP contribution in [0.4, 0.5) is 0 Å². The first-order valence-corrected chi connectivity index (χ1v) is 7.23. The van der Waals surface area contributed by atoms with E-state index >= 15 is 0 Å². The number of azide groups is 1. The molecule has 0 bridgehead atoms. The lowest BCUT2D eigenvalue weighted by molar-refractivity contribution is -0.153. The summed E-state index contributed by atoms with van der Waals surface area (Å²) in [5.41, 5.74) is 9.14. The number of nitrogens with zero attached hydrogens (tertiary/aromatic N) is 4. The summed E-state index contributed by atoms with van der Waals surface area (Å²) in [5, 5.41) is 3.43. The van der Waals surface area contributed by atoms with E-state index in [4.69, 9.17) is 10.3 Å². The van der Waals surface area contributed by atoms with Crippen LogP contribution in [0, 0.1) is 0 Å². The van der Waals surface area contributed by atoms with Gasteiger partial charge in [-0.3, -0.25) is 4.79 Å². The Labute approximate surface area is 128 Å². The molecule has 1 aromatic carbocycles. The van der Waals surface area contributed by atoms with Crippen LogP contribution in [0.1, 0.15) is 24.8 Å². The molecule has 1 aliphatic heterocycles. The van der Waals surface area contributed by atoms with Gasteiger partial charge in [0.15, 0.2) is 0 Å². The number of hydrogen-bond donors (Lipinski definition) is 0. The second-order valence-corrected chi connectivity index (χ2v) is 5.04. The highest BCUT2D eigenvalue weighted by Gasteiger charge is 2.36. The Morgan fingerprint density at radius 1 is 1.41 bits per heavy atom. The third kappa shape index (κ3) is 4.23. The van der Waals surface area contributed by atoms with E-state index in [9.17, 15) is 9.59 Å². The van der Waals surface area contributed by atoms with E-state index in [-0.39, 0.29) is 18.5 Å². The first kappa shape index (κ1) is 15.9. The van der Waals surface area contributed by atoms with Gasteiger partial charge in [-0.1, -0.05) is 35.4 Å². The number of hydrogen-bond acceptors (Lipinski definition) is 4. The molecule has 0 aliphatic carbocycles. The van der Waals surface area contributed by atoms with Crippen LogP contribution >= 0.6 is 0 Å². The van der Waals surface area contributed by atoms with Crippen molar-refractivity contribution >= 4 is 11.9 Å². The number of rotatable bonds is 7. The van der Waals surface area contributed by atoms with E-state index in [1.54, 1.807) is 0 Å². The number of carbonyl (C=O) groups is 2. The van der Waals surface area contributed by atoms with Crippen molar-refractivity contribution in [3.05, 3.63) is 46.3 Å². The van der Waals surface area contributed by atoms with E-state index in [0.29, 0.717) is 32.4 Å². The quantitative estimate of drug-likeness (QED) is 0.254. The molecule has 0 N–H and O–H groups in total. The first-order valence-electron chi connectivity index (χ1n) is 7.23. The summed E-state index contributed by atoms with van der Waals surface area (Å²) in [7, 11) is 0. The number of carbonyl (C=O) groups excluding carboxylic acids is 2. The van der Waals surface area contributed by atoms with Crippen molar-refractivity contribution in [3.8, 4) is 0 Å². The minimum atomic E-state index is -0.526. The van der Waals surface area contributed by atoms with Gasteiger partial charge in [0, 0.05) is 24.4 Å². The molecule has 22 heavy (non-hydrogen) atoms. The molecule has 7 heteroatoms. The first-order chi connectivity index (χ1) is 10.7. The molecule has 1 saturated heterocycles. The van der Waals surface area contributed by atoms with E-state index in [1.807, 2.05) is 30.3 Å². The Morgan fingerprint density at radius 2 is 2.18 bits per heavy atom. The van der Waals surface area contributed by atoms with Gasteiger partial charge in [0.25, 0.3) is 0 Å². The molecule has 7 nitrogen and oxygen atoms in total. The highest BCUT2D eigenvalue weighted by molar-refractivity contribution is 5.88. The highest BCUT2D eigenvalue weighted by atomic mass is 16.5. The van der Waals surface area contributed by atoms with Crippen molar-refractivity contribution in [2.24, 2.45) is 5.11 Å². The van der Waals surface area contributed by atoms with Crippen molar-refractivity contribution in [2.45, 2.75) is 31.9 Å². The molecule has 0 saturated carbocycles. The van der Waals surface area contributed by atoms with Crippen LogP contribution in [-0.2, 0) is 20.9 Å². The molecule has 0 spiro atoms. The summed E-state index contributed by atoms with van der Waals surface area (Å²) in [6.07, 6.45) is 1.37. The second-order valence-electron chi connectivity index (χ2n) is 5.04. The van der Waals surface area contributed by atoms with Gasteiger partial charge in [-0.25, -0.2) is 4.79 Å². The topological polar surface area (TPSA) is 95.4 Å².